The van der Waals surface area contributed by atoms with Crippen molar-refractivity contribution in [1.82, 2.24) is 4.90 Å². The highest BCUT2D eigenvalue weighted by atomic mass is 16.5. The van der Waals surface area contributed by atoms with E-state index in [4.69, 9.17) is 13.9 Å². The largest absolute Gasteiger partial charge is 0.504 e. The second-order valence-electron chi connectivity index (χ2n) is 9.24. The van der Waals surface area contributed by atoms with E-state index in [-0.39, 0.29) is 29.6 Å². The van der Waals surface area contributed by atoms with Gasteiger partial charge in [-0.15, -0.1) is 0 Å². The van der Waals surface area contributed by atoms with Gasteiger partial charge in [-0.05, 0) is 42.4 Å². The Balaban J connectivity index is 1.52. The zero-order chi connectivity index (χ0) is 23.2. The number of hydrogen-bond donors (Lipinski definition) is 1. The van der Waals surface area contributed by atoms with Gasteiger partial charge in [0.25, 0.3) is 0 Å². The van der Waals surface area contributed by atoms with Crippen molar-refractivity contribution in [3.8, 4) is 11.1 Å². The third-order valence-electron chi connectivity index (χ3n) is 7.79. The summed E-state index contributed by atoms with van der Waals surface area (Å²) in [4.78, 5) is 29.1. The van der Waals surface area contributed by atoms with Crippen molar-refractivity contribution in [3.63, 3.8) is 0 Å². The molecule has 1 unspecified atom stereocenters. The summed E-state index contributed by atoms with van der Waals surface area (Å²) in [6.07, 6.45) is 7.19. The quantitative estimate of drug-likeness (QED) is 0.417. The fourth-order valence-electron chi connectivity index (χ4n) is 6.20. The summed E-state index contributed by atoms with van der Waals surface area (Å²) in [5, 5.41) is 3.64. The fourth-order valence-corrected chi connectivity index (χ4v) is 6.20. The number of Topliss-reactive ketones (excluding diaryl/α,β-unsaturated/α-hetero) is 1. The first-order valence-corrected chi connectivity index (χ1v) is 11.6. The van der Waals surface area contributed by atoms with E-state index in [9.17, 15) is 9.59 Å². The molecule has 0 radical (unpaired) electrons. The van der Waals surface area contributed by atoms with Gasteiger partial charge < -0.3 is 19.2 Å². The van der Waals surface area contributed by atoms with E-state index in [1.807, 2.05) is 24.3 Å². The number of nitrogens with zero attached hydrogens (tertiary/aromatic N) is 1. The number of furan rings is 1. The molecular weight excluding hydrogens is 420 g/mol. The number of ketones is 1. The standard InChI is InChI=1S/C26H30N2O5/c1-4-16-13-28-10-9-26(22(28)12-19(16)20(15-31-2)25(30)32-3)24(29)23-18(17-8-11-33-14-17)6-5-7-21(23)27-26/h5-8,11,14-16,19,22,27H,4,9-10,12-13H2,1-3H3/t16-,19+,22?,26+/m1/s1. The number of rotatable bonds is 5. The van der Waals surface area contributed by atoms with Gasteiger partial charge in [0.05, 0.1) is 44.1 Å². The van der Waals surface area contributed by atoms with Crippen molar-refractivity contribution >= 4 is 17.4 Å². The van der Waals surface area contributed by atoms with Crippen LogP contribution in [0.3, 0.4) is 0 Å². The van der Waals surface area contributed by atoms with Gasteiger partial charge in [-0.1, -0.05) is 25.5 Å². The Labute approximate surface area is 193 Å². The smallest absolute Gasteiger partial charge is 0.337 e. The molecule has 1 spiro atoms. The predicted octanol–water partition coefficient (Wildman–Crippen LogP) is 4.12. The monoisotopic (exact) mass is 450 g/mol. The first-order valence-electron chi connectivity index (χ1n) is 11.6. The summed E-state index contributed by atoms with van der Waals surface area (Å²) in [5.74, 6) is 0.0189. The first-order chi connectivity index (χ1) is 16.0. The number of nitrogens with one attached hydrogen (secondary N) is 1. The van der Waals surface area contributed by atoms with Gasteiger partial charge >= 0.3 is 5.97 Å². The summed E-state index contributed by atoms with van der Waals surface area (Å²) in [5.41, 5.74) is 3.24. The molecule has 0 bridgehead atoms. The van der Waals surface area contributed by atoms with Crippen LogP contribution >= 0.6 is 0 Å². The molecule has 2 fully saturated rings. The average molecular weight is 451 g/mol. The van der Waals surface area contributed by atoms with E-state index in [1.54, 1.807) is 19.6 Å². The lowest BCUT2D eigenvalue weighted by molar-refractivity contribution is -0.137. The number of carbonyl (C=O) groups excluding carboxylic acids is 2. The Morgan fingerprint density at radius 2 is 2.18 bits per heavy atom. The molecule has 0 saturated carbocycles. The summed E-state index contributed by atoms with van der Waals surface area (Å²) in [6, 6.07) is 7.79. The lowest BCUT2D eigenvalue weighted by Gasteiger charge is -2.45. The molecule has 5 rings (SSSR count). The third kappa shape index (κ3) is 3.29. The molecule has 2 saturated heterocycles. The van der Waals surface area contributed by atoms with Crippen LogP contribution < -0.4 is 5.32 Å². The molecular formula is C26H30N2O5. The van der Waals surface area contributed by atoms with Crippen molar-refractivity contribution in [2.75, 3.05) is 32.6 Å². The number of hydrogen-bond acceptors (Lipinski definition) is 7. The third-order valence-corrected chi connectivity index (χ3v) is 7.79. The number of piperidine rings is 1. The molecule has 33 heavy (non-hydrogen) atoms. The Bertz CT molecular complexity index is 1090. The number of fused-ring (bicyclic) bond motifs is 3. The molecule has 3 aliphatic heterocycles. The van der Waals surface area contributed by atoms with Crippen molar-refractivity contribution in [1.29, 1.82) is 0 Å². The minimum Gasteiger partial charge on any atom is -0.504 e. The minimum absolute atomic E-state index is 0.0210. The topological polar surface area (TPSA) is 81.0 Å². The van der Waals surface area contributed by atoms with Crippen LogP contribution in [-0.2, 0) is 14.3 Å². The van der Waals surface area contributed by atoms with E-state index >= 15 is 0 Å². The van der Waals surface area contributed by atoms with Gasteiger partial charge in [0.1, 0.15) is 5.54 Å². The van der Waals surface area contributed by atoms with E-state index in [1.165, 1.54) is 13.4 Å². The van der Waals surface area contributed by atoms with Gasteiger partial charge in [0.15, 0.2) is 5.78 Å². The normalized spacial score (nSPS) is 29.0. The molecule has 174 valence electrons. The predicted molar refractivity (Wildman–Crippen MR) is 124 cm³/mol. The number of ether oxygens (including phenoxy) is 2. The lowest BCUT2D eigenvalue weighted by atomic mass is 9.71. The van der Waals surface area contributed by atoms with Crippen LogP contribution in [0.15, 0.2) is 53.0 Å². The highest BCUT2D eigenvalue weighted by Crippen LogP contribution is 2.50. The lowest BCUT2D eigenvalue weighted by Crippen LogP contribution is -2.57. The SMILES string of the molecule is CC[C@@H]1CN2CC[C@]3(Nc4cccc(-c5ccoc5)c4C3=O)C2C[C@@H]1C(=COC)C(=O)OC. The summed E-state index contributed by atoms with van der Waals surface area (Å²) < 4.78 is 15.6. The van der Waals surface area contributed by atoms with Crippen LogP contribution in [0.5, 0.6) is 0 Å². The van der Waals surface area contributed by atoms with Crippen LogP contribution in [0.25, 0.3) is 11.1 Å². The second kappa shape index (κ2) is 8.37. The Morgan fingerprint density at radius 1 is 1.33 bits per heavy atom. The Morgan fingerprint density at radius 3 is 2.88 bits per heavy atom. The fraction of sp³-hybridized carbons (Fsp3) is 0.462. The minimum atomic E-state index is -0.701. The summed E-state index contributed by atoms with van der Waals surface area (Å²) in [7, 11) is 2.95. The van der Waals surface area contributed by atoms with Crippen LogP contribution in [0.4, 0.5) is 5.69 Å². The van der Waals surface area contributed by atoms with E-state index < -0.39 is 5.54 Å². The van der Waals surface area contributed by atoms with E-state index in [0.717, 1.165) is 48.3 Å². The average Bonchev–Trinajstić information content (AvgIpc) is 3.56. The maximum atomic E-state index is 14.1. The molecule has 7 nitrogen and oxygen atoms in total. The number of esters is 1. The molecule has 2 aromatic rings. The molecule has 1 aromatic carbocycles. The van der Waals surface area contributed by atoms with Gasteiger partial charge in [0.2, 0.25) is 0 Å². The van der Waals surface area contributed by atoms with Crippen molar-refractivity contribution in [2.45, 2.75) is 37.8 Å². The van der Waals surface area contributed by atoms with Crippen molar-refractivity contribution in [2.24, 2.45) is 11.8 Å². The molecule has 7 heteroatoms. The zero-order valence-corrected chi connectivity index (χ0v) is 19.3. The van der Waals surface area contributed by atoms with Gasteiger partial charge in [-0.2, -0.15) is 0 Å². The van der Waals surface area contributed by atoms with Gasteiger partial charge in [-0.3, -0.25) is 9.69 Å². The van der Waals surface area contributed by atoms with Crippen LogP contribution in [0, 0.1) is 11.8 Å². The van der Waals surface area contributed by atoms with Crippen molar-refractivity contribution in [3.05, 3.63) is 54.2 Å². The second-order valence-corrected chi connectivity index (χ2v) is 9.24. The Kier molecular flexibility index (Phi) is 5.52. The number of benzene rings is 1. The van der Waals surface area contributed by atoms with Crippen molar-refractivity contribution < 1.29 is 23.5 Å². The Hall–Kier alpha value is -3.06. The van der Waals surface area contributed by atoms with Gasteiger partial charge in [-0.25, -0.2) is 4.79 Å². The maximum Gasteiger partial charge on any atom is 0.337 e. The first kappa shape index (κ1) is 21.8. The summed E-state index contributed by atoms with van der Waals surface area (Å²) in [6.45, 7) is 3.84. The van der Waals surface area contributed by atoms with Crippen LogP contribution in [-0.4, -0.2) is 55.5 Å². The summed E-state index contributed by atoms with van der Waals surface area (Å²) >= 11 is 0. The molecule has 1 aromatic heterocycles. The molecule has 3 aliphatic rings. The molecule has 0 aliphatic carbocycles. The van der Waals surface area contributed by atoms with E-state index in [0.29, 0.717) is 12.0 Å². The molecule has 4 heterocycles. The number of carbonyl (C=O) groups is 2. The highest BCUT2D eigenvalue weighted by molar-refractivity contribution is 6.18. The molecule has 1 N–H and O–H groups in total. The number of anilines is 1. The van der Waals surface area contributed by atoms with Crippen LogP contribution in [0.1, 0.15) is 36.5 Å². The zero-order valence-electron chi connectivity index (χ0n) is 19.3. The molecule has 0 amide bonds. The maximum absolute atomic E-state index is 14.1. The van der Waals surface area contributed by atoms with Gasteiger partial charge in [0, 0.05) is 30.4 Å². The van der Waals surface area contributed by atoms with E-state index in [2.05, 4.69) is 17.1 Å². The molecule has 4 atom stereocenters. The van der Waals surface area contributed by atoms with Crippen LogP contribution in [0.2, 0.25) is 0 Å². The number of methoxy groups -OCH3 is 2. The highest BCUT2D eigenvalue weighted by Gasteiger charge is 2.59.